The predicted octanol–water partition coefficient (Wildman–Crippen LogP) is 3.72. The molecule has 3 N–H and O–H groups in total. The summed E-state index contributed by atoms with van der Waals surface area (Å²) in [6.45, 7) is 2.55. The second-order valence-electron chi connectivity index (χ2n) is 13.5. The standard InChI is InChI=1S/C39H45N5O11S/c1-23(41-35(45)12-8-9-13-36(46)53-4)37(47)42-24(2)38(48)43-28-15-25(14-26(16-28)22-55-56(5,50)51)21-54-34-19-31-30(18-33(34)52-3)39(49)44-29(20-40-31)17-27-10-6-7-11-32(27)44/h6-7,10-11,14-16,18-20,23-24,29H,8-9,12-13,17,21-22H2,1-5H3,(H,41,45)(H,42,47)(H,43,48)/t23-,24-,29-/m0/s1. The minimum absolute atomic E-state index is 0.0727. The summed E-state index contributed by atoms with van der Waals surface area (Å²) < 4.78 is 44.9. The van der Waals surface area contributed by atoms with E-state index in [1.807, 2.05) is 24.3 Å². The van der Waals surface area contributed by atoms with Crippen LogP contribution in [0.5, 0.6) is 11.5 Å². The molecule has 3 aromatic carbocycles. The number of para-hydroxylation sites is 1. The Labute approximate surface area is 325 Å². The molecule has 17 heteroatoms. The monoisotopic (exact) mass is 791 g/mol. The lowest BCUT2D eigenvalue weighted by atomic mass is 10.1. The highest BCUT2D eigenvalue weighted by Crippen LogP contribution is 2.41. The van der Waals surface area contributed by atoms with Crippen molar-refractivity contribution in [1.29, 1.82) is 0 Å². The van der Waals surface area contributed by atoms with Gasteiger partial charge in [0.15, 0.2) is 11.5 Å². The molecular formula is C39H45N5O11S. The van der Waals surface area contributed by atoms with Gasteiger partial charge in [-0.05, 0) is 73.7 Å². The Balaban J connectivity index is 1.26. The van der Waals surface area contributed by atoms with Crippen molar-refractivity contribution in [3.63, 3.8) is 0 Å². The number of benzene rings is 3. The van der Waals surface area contributed by atoms with Crippen LogP contribution in [-0.2, 0) is 57.9 Å². The van der Waals surface area contributed by atoms with E-state index in [9.17, 15) is 32.4 Å². The second-order valence-corrected chi connectivity index (χ2v) is 15.1. The molecule has 56 heavy (non-hydrogen) atoms. The largest absolute Gasteiger partial charge is 0.493 e. The maximum Gasteiger partial charge on any atom is 0.305 e. The number of hydrogen-bond donors (Lipinski definition) is 3. The molecule has 2 heterocycles. The van der Waals surface area contributed by atoms with Gasteiger partial charge in [-0.2, -0.15) is 8.42 Å². The first-order valence-corrected chi connectivity index (χ1v) is 19.7. The number of carbonyl (C=O) groups excluding carboxylic acids is 5. The van der Waals surface area contributed by atoms with Crippen LogP contribution in [0.1, 0.15) is 66.6 Å². The number of nitrogens with zero attached hydrogens (tertiary/aromatic N) is 2. The highest BCUT2D eigenvalue weighted by Gasteiger charge is 2.36. The normalized spacial score (nSPS) is 15.3. The quantitative estimate of drug-likeness (QED) is 0.102. The third-order valence-corrected chi connectivity index (χ3v) is 9.61. The molecular weight excluding hydrogens is 747 g/mol. The Kier molecular flexibility index (Phi) is 13.5. The van der Waals surface area contributed by atoms with Crippen molar-refractivity contribution in [3.05, 3.63) is 76.9 Å². The topological polar surface area (TPSA) is 208 Å². The van der Waals surface area contributed by atoms with E-state index in [1.165, 1.54) is 34.1 Å². The zero-order chi connectivity index (χ0) is 40.6. The lowest BCUT2D eigenvalue weighted by Crippen LogP contribution is -2.50. The third kappa shape index (κ3) is 10.7. The number of methoxy groups -OCH3 is 2. The van der Waals surface area contributed by atoms with Crippen LogP contribution in [0.15, 0.2) is 59.6 Å². The zero-order valence-electron chi connectivity index (χ0n) is 31.7. The number of hydrogen-bond acceptors (Lipinski definition) is 12. The fourth-order valence-corrected chi connectivity index (χ4v) is 6.57. The van der Waals surface area contributed by atoms with Gasteiger partial charge in [0.05, 0.1) is 44.4 Å². The molecule has 0 unspecified atom stereocenters. The number of anilines is 2. The van der Waals surface area contributed by atoms with Gasteiger partial charge >= 0.3 is 5.97 Å². The number of amides is 4. The minimum atomic E-state index is -3.80. The molecule has 0 radical (unpaired) electrons. The molecule has 0 aliphatic carbocycles. The molecule has 0 saturated heterocycles. The van der Waals surface area contributed by atoms with Gasteiger partial charge in [-0.1, -0.05) is 18.2 Å². The first-order valence-electron chi connectivity index (χ1n) is 17.9. The van der Waals surface area contributed by atoms with Crippen LogP contribution in [0.3, 0.4) is 0 Å². The van der Waals surface area contributed by atoms with Crippen molar-refractivity contribution < 1.29 is 50.8 Å². The Hall–Kier alpha value is -5.81. The number of esters is 1. The van der Waals surface area contributed by atoms with Crippen LogP contribution in [-0.4, -0.2) is 82.8 Å². The number of carbonyl (C=O) groups is 5. The average molecular weight is 792 g/mol. The van der Waals surface area contributed by atoms with E-state index in [0.29, 0.717) is 47.4 Å². The first-order chi connectivity index (χ1) is 26.6. The lowest BCUT2D eigenvalue weighted by molar-refractivity contribution is -0.140. The molecule has 0 spiro atoms. The number of unbranched alkanes of at least 4 members (excludes halogenated alkanes) is 1. The fourth-order valence-electron chi connectivity index (χ4n) is 6.22. The molecule has 4 amide bonds. The highest BCUT2D eigenvalue weighted by atomic mass is 32.2. The fraction of sp³-hybridized carbons (Fsp3) is 0.385. The number of ether oxygens (including phenoxy) is 3. The van der Waals surface area contributed by atoms with E-state index in [2.05, 4.69) is 25.7 Å². The van der Waals surface area contributed by atoms with Crippen molar-refractivity contribution in [2.24, 2.45) is 4.99 Å². The van der Waals surface area contributed by atoms with Crippen LogP contribution in [0.2, 0.25) is 0 Å². The molecule has 3 atom stereocenters. The van der Waals surface area contributed by atoms with E-state index in [4.69, 9.17) is 13.7 Å². The summed E-state index contributed by atoms with van der Waals surface area (Å²) in [5, 5.41) is 7.87. The van der Waals surface area contributed by atoms with Crippen molar-refractivity contribution in [3.8, 4) is 11.5 Å². The minimum Gasteiger partial charge on any atom is -0.493 e. The van der Waals surface area contributed by atoms with Gasteiger partial charge < -0.3 is 30.2 Å². The molecule has 0 bridgehead atoms. The van der Waals surface area contributed by atoms with Gasteiger partial charge in [-0.3, -0.25) is 38.0 Å². The summed E-state index contributed by atoms with van der Waals surface area (Å²) in [4.78, 5) is 69.7. The molecule has 3 aromatic rings. The molecule has 298 valence electrons. The SMILES string of the molecule is COC(=O)CCCCC(=O)N[C@@H](C)C(=O)N[C@@H](C)C(=O)Nc1cc(COc2cc3c(cc2OC)C(=O)N2c4ccccc4C[C@H]2C=N3)cc(COS(C)(=O)=O)c1. The third-order valence-electron chi connectivity index (χ3n) is 9.07. The zero-order valence-corrected chi connectivity index (χ0v) is 32.6. The van der Waals surface area contributed by atoms with E-state index >= 15 is 0 Å². The second kappa shape index (κ2) is 18.2. The molecule has 16 nitrogen and oxygen atoms in total. The Morgan fingerprint density at radius 1 is 0.893 bits per heavy atom. The molecule has 0 saturated carbocycles. The Morgan fingerprint density at radius 2 is 1.59 bits per heavy atom. The van der Waals surface area contributed by atoms with Crippen molar-refractivity contribution >= 4 is 63.0 Å². The molecule has 2 aliphatic heterocycles. The van der Waals surface area contributed by atoms with Gasteiger partial charge in [0.1, 0.15) is 18.7 Å². The van der Waals surface area contributed by atoms with Crippen LogP contribution in [0.25, 0.3) is 0 Å². The maximum atomic E-state index is 13.8. The van der Waals surface area contributed by atoms with Crippen LogP contribution >= 0.6 is 0 Å². The van der Waals surface area contributed by atoms with Crippen molar-refractivity contribution in [2.45, 2.75) is 77.3 Å². The predicted molar refractivity (Wildman–Crippen MR) is 207 cm³/mol. The summed E-state index contributed by atoms with van der Waals surface area (Å²) in [6, 6.07) is 13.5. The summed E-state index contributed by atoms with van der Waals surface area (Å²) >= 11 is 0. The van der Waals surface area contributed by atoms with Gasteiger partial charge in [-0.15, -0.1) is 0 Å². The number of nitrogens with one attached hydrogen (secondary N) is 3. The van der Waals surface area contributed by atoms with Crippen LogP contribution in [0, 0.1) is 0 Å². The van der Waals surface area contributed by atoms with E-state index < -0.39 is 34.0 Å². The Bertz CT molecular complexity index is 2140. The van der Waals surface area contributed by atoms with Gasteiger partial charge in [-0.25, -0.2) is 0 Å². The number of fused-ring (bicyclic) bond motifs is 4. The smallest absolute Gasteiger partial charge is 0.305 e. The van der Waals surface area contributed by atoms with Crippen molar-refractivity contribution in [1.82, 2.24) is 10.6 Å². The van der Waals surface area contributed by atoms with Gasteiger partial charge in [0, 0.05) is 42.9 Å². The highest BCUT2D eigenvalue weighted by molar-refractivity contribution is 7.85. The Morgan fingerprint density at radius 3 is 2.30 bits per heavy atom. The van der Waals surface area contributed by atoms with E-state index in [1.54, 1.807) is 35.4 Å². The van der Waals surface area contributed by atoms with Gasteiger partial charge in [0.25, 0.3) is 16.0 Å². The van der Waals surface area contributed by atoms with Crippen molar-refractivity contribution in [2.75, 3.05) is 30.7 Å². The summed E-state index contributed by atoms with van der Waals surface area (Å²) in [5.74, 6) is -1.57. The van der Waals surface area contributed by atoms with Crippen LogP contribution < -0.4 is 30.3 Å². The molecule has 5 rings (SSSR count). The number of aliphatic imine (C=N–C) groups is 1. The maximum absolute atomic E-state index is 13.8. The summed E-state index contributed by atoms with van der Waals surface area (Å²) in [7, 11) is -1.06. The first kappa shape index (κ1) is 41.4. The van der Waals surface area contributed by atoms with Gasteiger partial charge in [0.2, 0.25) is 17.7 Å². The summed E-state index contributed by atoms with van der Waals surface area (Å²) in [6.07, 6.45) is 4.50. The van der Waals surface area contributed by atoms with E-state index in [0.717, 1.165) is 17.5 Å². The molecule has 0 aromatic heterocycles. The molecule has 2 aliphatic rings. The van der Waals surface area contributed by atoms with Crippen LogP contribution in [0.4, 0.5) is 17.1 Å². The average Bonchev–Trinajstić information content (AvgIpc) is 3.48. The summed E-state index contributed by atoms with van der Waals surface area (Å²) in [5.41, 5.74) is 3.83. The number of rotatable bonds is 17. The molecule has 0 fully saturated rings. The lowest BCUT2D eigenvalue weighted by Gasteiger charge is -2.22. The van der Waals surface area contributed by atoms with E-state index in [-0.39, 0.29) is 61.3 Å².